The van der Waals surface area contributed by atoms with Crippen molar-refractivity contribution < 1.29 is 9.47 Å². The molecule has 0 aliphatic carbocycles. The van der Waals surface area contributed by atoms with Crippen LogP contribution in [0.4, 0.5) is 0 Å². The number of ether oxygens (including phenoxy) is 2. The lowest BCUT2D eigenvalue weighted by Gasteiger charge is -2.32. The van der Waals surface area contributed by atoms with Crippen molar-refractivity contribution >= 4 is 11.3 Å². The summed E-state index contributed by atoms with van der Waals surface area (Å²) in [6.07, 6.45) is 1.19. The van der Waals surface area contributed by atoms with Crippen molar-refractivity contribution in [1.29, 1.82) is 0 Å². The Morgan fingerprint density at radius 3 is 2.96 bits per heavy atom. The fraction of sp³-hybridized carbons (Fsp3) is 0.500. The zero-order valence-corrected chi connectivity index (χ0v) is 16.2. The summed E-state index contributed by atoms with van der Waals surface area (Å²) in [6, 6.07) is 10.6. The topological polar surface area (TPSA) is 24.9 Å². The van der Waals surface area contributed by atoms with E-state index in [2.05, 4.69) is 47.5 Å². The van der Waals surface area contributed by atoms with E-state index in [0.29, 0.717) is 0 Å². The second kappa shape index (κ2) is 8.81. The van der Waals surface area contributed by atoms with Gasteiger partial charge in [0.2, 0.25) is 0 Å². The average Bonchev–Trinajstić information content (AvgIpc) is 3.01. The van der Waals surface area contributed by atoms with Gasteiger partial charge in [0, 0.05) is 37.5 Å². The molecule has 3 rings (SSSR count). The predicted molar refractivity (Wildman–Crippen MR) is 103 cm³/mol. The number of thiophene rings is 1. The number of nitrogens with zero attached hydrogens (tertiary/aromatic N) is 2. The van der Waals surface area contributed by atoms with Crippen molar-refractivity contribution in [3.63, 3.8) is 0 Å². The Morgan fingerprint density at radius 2 is 2.16 bits per heavy atom. The lowest BCUT2D eigenvalue weighted by atomic mass is 10.1. The Labute approximate surface area is 155 Å². The average molecular weight is 361 g/mol. The fourth-order valence-corrected chi connectivity index (χ4v) is 4.21. The Morgan fingerprint density at radius 1 is 1.28 bits per heavy atom. The second-order valence-electron chi connectivity index (χ2n) is 6.94. The maximum absolute atomic E-state index is 6.00. The maximum Gasteiger partial charge on any atom is 0.119 e. The van der Waals surface area contributed by atoms with Gasteiger partial charge in [0.1, 0.15) is 5.75 Å². The summed E-state index contributed by atoms with van der Waals surface area (Å²) in [5.41, 5.74) is 2.68. The van der Waals surface area contributed by atoms with Crippen LogP contribution in [0.25, 0.3) is 0 Å². The molecule has 1 aliphatic rings. The molecule has 1 unspecified atom stereocenters. The van der Waals surface area contributed by atoms with Gasteiger partial charge in [-0.05, 0) is 48.8 Å². The van der Waals surface area contributed by atoms with Gasteiger partial charge < -0.3 is 14.4 Å². The van der Waals surface area contributed by atoms with E-state index in [9.17, 15) is 0 Å². The highest BCUT2D eigenvalue weighted by Gasteiger charge is 2.21. The minimum Gasteiger partial charge on any atom is -0.497 e. The van der Waals surface area contributed by atoms with Gasteiger partial charge in [-0.3, -0.25) is 4.90 Å². The zero-order chi connectivity index (χ0) is 17.6. The van der Waals surface area contributed by atoms with Gasteiger partial charge in [-0.2, -0.15) is 0 Å². The summed E-state index contributed by atoms with van der Waals surface area (Å²) in [7, 11) is 5.94. The molecule has 0 spiro atoms. The van der Waals surface area contributed by atoms with Crippen molar-refractivity contribution in [1.82, 2.24) is 9.80 Å². The Bertz CT molecular complexity index is 671. The van der Waals surface area contributed by atoms with E-state index in [1.165, 1.54) is 16.0 Å². The van der Waals surface area contributed by atoms with E-state index in [0.717, 1.165) is 45.0 Å². The molecule has 1 saturated heterocycles. The molecule has 0 saturated carbocycles. The van der Waals surface area contributed by atoms with Gasteiger partial charge in [0.05, 0.1) is 19.8 Å². The third kappa shape index (κ3) is 5.54. The highest BCUT2D eigenvalue weighted by atomic mass is 32.1. The minimum absolute atomic E-state index is 0.252. The molecule has 4 nitrogen and oxygen atoms in total. The third-order valence-electron chi connectivity index (χ3n) is 4.41. The number of morpholine rings is 1. The van der Waals surface area contributed by atoms with Crippen LogP contribution in [0.5, 0.6) is 5.75 Å². The van der Waals surface area contributed by atoms with Gasteiger partial charge >= 0.3 is 0 Å². The predicted octanol–water partition coefficient (Wildman–Crippen LogP) is 3.26. The molecule has 1 fully saturated rings. The molecule has 0 amide bonds. The van der Waals surface area contributed by atoms with Gasteiger partial charge in [-0.25, -0.2) is 0 Å². The van der Waals surface area contributed by atoms with Crippen LogP contribution in [0, 0.1) is 0 Å². The van der Waals surface area contributed by atoms with E-state index in [4.69, 9.17) is 9.47 Å². The number of rotatable bonds is 7. The first kappa shape index (κ1) is 18.4. The summed E-state index contributed by atoms with van der Waals surface area (Å²) in [4.78, 5) is 6.17. The fourth-order valence-electron chi connectivity index (χ4n) is 3.29. The normalized spacial score (nSPS) is 18.6. The first-order chi connectivity index (χ1) is 12.1. The first-order valence-electron chi connectivity index (χ1n) is 8.80. The Kier molecular flexibility index (Phi) is 6.48. The second-order valence-corrected chi connectivity index (χ2v) is 7.94. The molecular formula is C20H28N2O2S. The van der Waals surface area contributed by atoms with Crippen molar-refractivity contribution in [3.05, 3.63) is 51.7 Å². The quantitative estimate of drug-likeness (QED) is 0.757. The molecule has 0 N–H and O–H groups in total. The van der Waals surface area contributed by atoms with E-state index >= 15 is 0 Å². The molecule has 2 heterocycles. The molecule has 1 atom stereocenters. The maximum atomic E-state index is 6.00. The van der Waals surface area contributed by atoms with E-state index in [1.807, 2.05) is 23.5 Å². The Balaban J connectivity index is 1.54. The molecule has 5 heteroatoms. The molecular weight excluding hydrogens is 332 g/mol. The van der Waals surface area contributed by atoms with Crippen molar-refractivity contribution in [2.45, 2.75) is 25.6 Å². The van der Waals surface area contributed by atoms with E-state index in [1.54, 1.807) is 7.11 Å². The summed E-state index contributed by atoms with van der Waals surface area (Å²) in [5, 5.41) is 2.28. The smallest absolute Gasteiger partial charge is 0.119 e. The van der Waals surface area contributed by atoms with Gasteiger partial charge in [-0.15, -0.1) is 11.3 Å². The molecule has 1 aromatic carbocycles. The van der Waals surface area contributed by atoms with Crippen LogP contribution in [-0.4, -0.2) is 56.8 Å². The molecule has 136 valence electrons. The van der Waals surface area contributed by atoms with Crippen LogP contribution in [0.2, 0.25) is 0 Å². The van der Waals surface area contributed by atoms with Crippen molar-refractivity contribution in [2.24, 2.45) is 0 Å². The van der Waals surface area contributed by atoms with Crippen LogP contribution < -0.4 is 4.74 Å². The van der Waals surface area contributed by atoms with Crippen LogP contribution in [0.15, 0.2) is 35.7 Å². The monoisotopic (exact) mass is 360 g/mol. The van der Waals surface area contributed by atoms with Crippen LogP contribution in [-0.2, 0) is 24.2 Å². The van der Waals surface area contributed by atoms with Crippen LogP contribution in [0.3, 0.4) is 0 Å². The van der Waals surface area contributed by atoms with Gasteiger partial charge in [-0.1, -0.05) is 12.1 Å². The zero-order valence-electron chi connectivity index (χ0n) is 15.4. The molecule has 1 aliphatic heterocycles. The lowest BCUT2D eigenvalue weighted by Crippen LogP contribution is -2.42. The van der Waals surface area contributed by atoms with Gasteiger partial charge in [0.25, 0.3) is 0 Å². The van der Waals surface area contributed by atoms with E-state index in [-0.39, 0.29) is 6.10 Å². The van der Waals surface area contributed by atoms with Crippen molar-refractivity contribution in [2.75, 3.05) is 40.9 Å². The van der Waals surface area contributed by atoms with Crippen molar-refractivity contribution in [3.8, 4) is 5.75 Å². The summed E-state index contributed by atoms with van der Waals surface area (Å²) in [6.45, 7) is 4.84. The van der Waals surface area contributed by atoms with Crippen LogP contribution >= 0.6 is 11.3 Å². The highest BCUT2D eigenvalue weighted by molar-refractivity contribution is 7.10. The highest BCUT2D eigenvalue weighted by Crippen LogP contribution is 2.21. The molecule has 25 heavy (non-hydrogen) atoms. The number of hydrogen-bond acceptors (Lipinski definition) is 5. The Hall–Kier alpha value is -1.40. The largest absolute Gasteiger partial charge is 0.497 e. The molecule has 0 bridgehead atoms. The first-order valence-corrected chi connectivity index (χ1v) is 9.68. The number of hydrogen-bond donors (Lipinski definition) is 0. The molecule has 0 radical (unpaired) electrons. The SMILES string of the molecule is COc1cccc(CC2CN(Cc3cc(CN(C)C)cs3)CCO2)c1. The van der Waals surface area contributed by atoms with Gasteiger partial charge in [0.15, 0.2) is 0 Å². The minimum atomic E-state index is 0.252. The summed E-state index contributed by atoms with van der Waals surface area (Å²) < 4.78 is 11.3. The third-order valence-corrected chi connectivity index (χ3v) is 5.38. The van der Waals surface area contributed by atoms with Crippen LogP contribution in [0.1, 0.15) is 16.0 Å². The van der Waals surface area contributed by atoms with E-state index < -0.39 is 0 Å². The molecule has 2 aromatic rings. The number of benzene rings is 1. The standard InChI is InChI=1S/C20H28N2O2S/c1-21(2)12-17-11-20(25-15-17)14-22-7-8-24-19(13-22)10-16-5-4-6-18(9-16)23-3/h4-6,9,11,15,19H,7-8,10,12-14H2,1-3H3. The summed E-state index contributed by atoms with van der Waals surface area (Å²) >= 11 is 1.87. The summed E-state index contributed by atoms with van der Waals surface area (Å²) in [5.74, 6) is 0.914. The molecule has 1 aromatic heterocycles. The number of methoxy groups -OCH3 is 1. The lowest BCUT2D eigenvalue weighted by molar-refractivity contribution is -0.0302.